The van der Waals surface area contributed by atoms with Crippen LogP contribution in [0.5, 0.6) is 5.75 Å². The molecule has 2 aromatic rings. The number of amides is 1. The van der Waals surface area contributed by atoms with E-state index in [2.05, 4.69) is 47.9 Å². The van der Waals surface area contributed by atoms with E-state index in [9.17, 15) is 4.79 Å². The second-order valence-corrected chi connectivity index (χ2v) is 8.50. The minimum absolute atomic E-state index is 0. The molecule has 2 unspecified atom stereocenters. The highest BCUT2D eigenvalue weighted by Gasteiger charge is 2.24. The van der Waals surface area contributed by atoms with Crippen molar-refractivity contribution in [1.82, 2.24) is 10.6 Å². The Morgan fingerprint density at radius 2 is 1.90 bits per heavy atom. The van der Waals surface area contributed by atoms with Gasteiger partial charge in [-0.15, -0.1) is 12.4 Å². The number of aryl methyl sites for hydroxylation is 1. The molecule has 0 radical (unpaired) electrons. The van der Waals surface area contributed by atoms with Gasteiger partial charge in [-0.3, -0.25) is 4.79 Å². The lowest BCUT2D eigenvalue weighted by Gasteiger charge is -2.29. The molecule has 0 aliphatic carbocycles. The molecule has 0 aromatic heterocycles. The number of carbonyl (C=O) groups excluding carboxylic acids is 1. The standard InChI is InChI=1S/C25H32N2O2.ClH/c1-18(19-11-13-26-14-12-19)16-24(28)27-25(20-6-3-2-4-7-20)22-9-10-23-21(17-22)8-5-15-29-23;/h2-4,6-7,9-10,17-19,25-26H,5,8,11-16H2,1H3,(H,27,28);1H. The number of hydrogen-bond donors (Lipinski definition) is 2. The van der Waals surface area contributed by atoms with Gasteiger partial charge in [-0.25, -0.2) is 0 Å². The topological polar surface area (TPSA) is 50.4 Å². The van der Waals surface area contributed by atoms with Crippen molar-refractivity contribution in [2.45, 2.75) is 45.1 Å². The summed E-state index contributed by atoms with van der Waals surface area (Å²) in [6.45, 7) is 5.16. The Kier molecular flexibility index (Phi) is 8.17. The van der Waals surface area contributed by atoms with Gasteiger partial charge in [0.15, 0.2) is 0 Å². The second-order valence-electron chi connectivity index (χ2n) is 8.50. The molecule has 4 rings (SSSR count). The van der Waals surface area contributed by atoms with E-state index >= 15 is 0 Å². The maximum Gasteiger partial charge on any atom is 0.221 e. The summed E-state index contributed by atoms with van der Waals surface area (Å²) in [4.78, 5) is 13.0. The molecule has 2 aliphatic rings. The van der Waals surface area contributed by atoms with Crippen LogP contribution in [0.25, 0.3) is 0 Å². The van der Waals surface area contributed by atoms with Crippen molar-refractivity contribution in [1.29, 1.82) is 0 Å². The summed E-state index contributed by atoms with van der Waals surface area (Å²) in [6.07, 6.45) is 5.00. The zero-order chi connectivity index (χ0) is 20.1. The van der Waals surface area contributed by atoms with Gasteiger partial charge < -0.3 is 15.4 Å². The lowest BCUT2D eigenvalue weighted by atomic mass is 9.84. The van der Waals surface area contributed by atoms with Crippen molar-refractivity contribution in [2.24, 2.45) is 11.8 Å². The number of rotatable bonds is 6. The van der Waals surface area contributed by atoms with Crippen LogP contribution in [0.2, 0.25) is 0 Å². The molecular weight excluding hydrogens is 396 g/mol. The van der Waals surface area contributed by atoms with Crippen molar-refractivity contribution in [3.05, 3.63) is 65.2 Å². The van der Waals surface area contributed by atoms with E-state index in [0.29, 0.717) is 18.3 Å². The van der Waals surface area contributed by atoms with Crippen molar-refractivity contribution < 1.29 is 9.53 Å². The number of halogens is 1. The van der Waals surface area contributed by atoms with Crippen molar-refractivity contribution in [2.75, 3.05) is 19.7 Å². The van der Waals surface area contributed by atoms with E-state index in [0.717, 1.165) is 49.4 Å². The van der Waals surface area contributed by atoms with Crippen molar-refractivity contribution >= 4 is 18.3 Å². The molecule has 162 valence electrons. The highest BCUT2D eigenvalue weighted by molar-refractivity contribution is 5.85. The fourth-order valence-corrected chi connectivity index (χ4v) is 4.66. The Hall–Kier alpha value is -2.04. The first-order valence-corrected chi connectivity index (χ1v) is 11.0. The smallest absolute Gasteiger partial charge is 0.221 e. The molecule has 2 N–H and O–H groups in total. The molecule has 1 amide bonds. The first-order chi connectivity index (χ1) is 14.2. The Labute approximate surface area is 186 Å². The third-order valence-corrected chi connectivity index (χ3v) is 6.40. The summed E-state index contributed by atoms with van der Waals surface area (Å²) in [6, 6.07) is 16.5. The van der Waals surface area contributed by atoms with E-state index in [1.165, 1.54) is 18.4 Å². The van der Waals surface area contributed by atoms with Crippen LogP contribution in [-0.2, 0) is 11.2 Å². The number of fused-ring (bicyclic) bond motifs is 1. The van der Waals surface area contributed by atoms with Gasteiger partial charge in [0.25, 0.3) is 0 Å². The van der Waals surface area contributed by atoms with Gasteiger partial charge in [0.1, 0.15) is 5.75 Å². The quantitative estimate of drug-likeness (QED) is 0.703. The lowest BCUT2D eigenvalue weighted by Crippen LogP contribution is -2.35. The maximum atomic E-state index is 13.0. The van der Waals surface area contributed by atoms with Crippen LogP contribution in [0.15, 0.2) is 48.5 Å². The van der Waals surface area contributed by atoms with Gasteiger partial charge in [0, 0.05) is 6.42 Å². The highest BCUT2D eigenvalue weighted by atomic mass is 35.5. The van der Waals surface area contributed by atoms with E-state index in [1.54, 1.807) is 0 Å². The Morgan fingerprint density at radius 1 is 1.13 bits per heavy atom. The van der Waals surface area contributed by atoms with E-state index in [1.807, 2.05) is 18.2 Å². The predicted octanol–water partition coefficient (Wildman–Crippen LogP) is 4.66. The van der Waals surface area contributed by atoms with Gasteiger partial charge in [0.05, 0.1) is 12.6 Å². The Morgan fingerprint density at radius 3 is 2.67 bits per heavy atom. The van der Waals surface area contributed by atoms with Gasteiger partial charge in [-0.05, 0) is 79.4 Å². The third kappa shape index (κ3) is 5.55. The summed E-state index contributed by atoms with van der Waals surface area (Å²) in [5.41, 5.74) is 3.49. The summed E-state index contributed by atoms with van der Waals surface area (Å²) in [5, 5.41) is 6.74. The number of nitrogens with one attached hydrogen (secondary N) is 2. The number of piperidine rings is 1. The molecule has 1 saturated heterocycles. The van der Waals surface area contributed by atoms with E-state index in [-0.39, 0.29) is 24.4 Å². The van der Waals surface area contributed by atoms with E-state index in [4.69, 9.17) is 4.74 Å². The molecule has 2 aliphatic heterocycles. The number of carbonyl (C=O) groups is 1. The van der Waals surface area contributed by atoms with Crippen molar-refractivity contribution in [3.63, 3.8) is 0 Å². The summed E-state index contributed by atoms with van der Waals surface area (Å²) in [7, 11) is 0. The zero-order valence-electron chi connectivity index (χ0n) is 17.7. The van der Waals surface area contributed by atoms with Gasteiger partial charge in [0.2, 0.25) is 5.91 Å². The molecule has 0 spiro atoms. The van der Waals surface area contributed by atoms with E-state index < -0.39 is 0 Å². The molecule has 0 saturated carbocycles. The van der Waals surface area contributed by atoms with Gasteiger partial charge in [-0.1, -0.05) is 43.3 Å². The normalized spacial score (nSPS) is 18.3. The molecule has 5 heteroatoms. The summed E-state index contributed by atoms with van der Waals surface area (Å²) < 4.78 is 5.77. The largest absolute Gasteiger partial charge is 0.493 e. The molecule has 2 atom stereocenters. The second kappa shape index (κ2) is 10.8. The average molecular weight is 429 g/mol. The fourth-order valence-electron chi connectivity index (χ4n) is 4.66. The van der Waals surface area contributed by atoms with Crippen molar-refractivity contribution in [3.8, 4) is 5.75 Å². The molecule has 1 fully saturated rings. The number of benzene rings is 2. The lowest BCUT2D eigenvalue weighted by molar-refractivity contribution is -0.122. The first-order valence-electron chi connectivity index (χ1n) is 11.0. The zero-order valence-corrected chi connectivity index (χ0v) is 18.5. The average Bonchev–Trinajstić information content (AvgIpc) is 2.78. The monoisotopic (exact) mass is 428 g/mol. The highest BCUT2D eigenvalue weighted by Crippen LogP contribution is 2.31. The minimum atomic E-state index is -0.129. The van der Waals surface area contributed by atoms with Crippen LogP contribution in [0.1, 0.15) is 55.3 Å². The maximum absolute atomic E-state index is 13.0. The molecule has 4 nitrogen and oxygen atoms in total. The molecular formula is C25H33ClN2O2. The molecule has 30 heavy (non-hydrogen) atoms. The van der Waals surface area contributed by atoms with Crippen LogP contribution in [0.4, 0.5) is 0 Å². The van der Waals surface area contributed by atoms with Crippen LogP contribution in [-0.4, -0.2) is 25.6 Å². The molecule has 2 aromatic carbocycles. The number of ether oxygens (including phenoxy) is 1. The predicted molar refractivity (Wildman–Crippen MR) is 123 cm³/mol. The molecule has 0 bridgehead atoms. The van der Waals surface area contributed by atoms with Crippen LogP contribution < -0.4 is 15.4 Å². The fraction of sp³-hybridized carbons (Fsp3) is 0.480. The Bertz CT molecular complexity index is 821. The minimum Gasteiger partial charge on any atom is -0.493 e. The van der Waals surface area contributed by atoms with Crippen LogP contribution >= 0.6 is 12.4 Å². The van der Waals surface area contributed by atoms with Gasteiger partial charge in [-0.2, -0.15) is 0 Å². The van der Waals surface area contributed by atoms with Crippen LogP contribution in [0, 0.1) is 11.8 Å². The number of hydrogen-bond acceptors (Lipinski definition) is 3. The third-order valence-electron chi connectivity index (χ3n) is 6.40. The van der Waals surface area contributed by atoms with Gasteiger partial charge >= 0.3 is 0 Å². The summed E-state index contributed by atoms with van der Waals surface area (Å²) >= 11 is 0. The first kappa shape index (κ1) is 22.6. The van der Waals surface area contributed by atoms with Crippen LogP contribution in [0.3, 0.4) is 0 Å². The summed E-state index contributed by atoms with van der Waals surface area (Å²) in [5.74, 6) is 2.17. The SMILES string of the molecule is CC(CC(=O)NC(c1ccccc1)c1ccc2c(c1)CCCO2)C1CCNCC1.Cl. The Balaban J connectivity index is 0.00000256. The molecule has 2 heterocycles.